The molecule has 11 atom stereocenters. The minimum atomic E-state index is -0.100. The average Bonchev–Trinajstić information content (AvgIpc) is 3.16. The van der Waals surface area contributed by atoms with Crippen LogP contribution in [-0.2, 0) is 4.74 Å². The first-order chi connectivity index (χ1) is 14.3. The number of allylic oxidation sites excluding steroid dienone is 1. The fraction of sp³-hybridized carbons (Fsp3) is 0.926. The van der Waals surface area contributed by atoms with E-state index in [1.165, 1.54) is 44.9 Å². The maximum Gasteiger partial charge on any atom is 0.122 e. The summed E-state index contributed by atoms with van der Waals surface area (Å²) in [6, 6.07) is 0. The highest BCUT2D eigenvalue weighted by Gasteiger charge is 2.68. The van der Waals surface area contributed by atoms with Gasteiger partial charge < -0.3 is 9.84 Å². The molecule has 0 aromatic heterocycles. The molecule has 168 valence electrons. The molecule has 0 aromatic carbocycles. The van der Waals surface area contributed by atoms with E-state index in [1.54, 1.807) is 5.57 Å². The molecule has 6 aliphatic rings. The number of aliphatic hydroxyl groups is 1. The zero-order chi connectivity index (χ0) is 20.9. The van der Waals surface area contributed by atoms with Crippen molar-refractivity contribution < 1.29 is 9.84 Å². The van der Waals surface area contributed by atoms with Crippen LogP contribution in [0.3, 0.4) is 0 Å². The summed E-state index contributed by atoms with van der Waals surface area (Å²) in [7, 11) is 0. The van der Waals surface area contributed by atoms with Gasteiger partial charge in [0, 0.05) is 12.5 Å². The molecule has 4 aliphatic carbocycles. The minimum Gasteiger partial charge on any atom is -0.393 e. The van der Waals surface area contributed by atoms with Gasteiger partial charge in [0.1, 0.15) is 5.72 Å². The Morgan fingerprint density at radius 3 is 2.67 bits per heavy atom. The molecule has 6 rings (SSSR count). The van der Waals surface area contributed by atoms with Crippen molar-refractivity contribution in [3.63, 3.8) is 0 Å². The Balaban J connectivity index is 1.28. The van der Waals surface area contributed by atoms with Crippen molar-refractivity contribution in [3.8, 4) is 0 Å². The van der Waals surface area contributed by atoms with Crippen LogP contribution in [0.15, 0.2) is 11.6 Å². The van der Waals surface area contributed by atoms with E-state index in [1.807, 2.05) is 0 Å². The van der Waals surface area contributed by atoms with E-state index in [0.717, 1.165) is 49.0 Å². The van der Waals surface area contributed by atoms with E-state index in [2.05, 4.69) is 39.1 Å². The molecular formula is C27H43NO2. The maximum atomic E-state index is 10.3. The Bertz CT molecular complexity index is 739. The van der Waals surface area contributed by atoms with Crippen LogP contribution in [-0.4, -0.2) is 29.6 Å². The number of ether oxygens (including phenoxy) is 1. The second-order valence-electron chi connectivity index (χ2n) is 12.8. The van der Waals surface area contributed by atoms with Crippen molar-refractivity contribution in [2.45, 2.75) is 103 Å². The predicted octanol–water partition coefficient (Wildman–Crippen LogP) is 5.29. The zero-order valence-corrected chi connectivity index (χ0v) is 19.6. The van der Waals surface area contributed by atoms with E-state index >= 15 is 0 Å². The van der Waals surface area contributed by atoms with Crippen LogP contribution in [0, 0.1) is 46.3 Å². The summed E-state index contributed by atoms with van der Waals surface area (Å²) in [6.07, 6.45) is 13.8. The Labute approximate surface area is 183 Å². The van der Waals surface area contributed by atoms with Gasteiger partial charge in [-0.1, -0.05) is 39.3 Å². The molecule has 5 fully saturated rings. The highest BCUT2D eigenvalue weighted by atomic mass is 16.5. The molecule has 0 bridgehead atoms. The summed E-state index contributed by atoms with van der Waals surface area (Å²) in [4.78, 5) is 0. The molecule has 2 N–H and O–H groups in total. The van der Waals surface area contributed by atoms with Crippen LogP contribution in [0.1, 0.15) is 85.5 Å². The van der Waals surface area contributed by atoms with Gasteiger partial charge in [-0.3, -0.25) is 5.32 Å². The molecular weight excluding hydrogens is 370 g/mol. The van der Waals surface area contributed by atoms with Crippen LogP contribution in [0.2, 0.25) is 0 Å². The lowest BCUT2D eigenvalue weighted by atomic mass is 9.47. The monoisotopic (exact) mass is 413 g/mol. The van der Waals surface area contributed by atoms with E-state index < -0.39 is 0 Å². The van der Waals surface area contributed by atoms with Crippen LogP contribution >= 0.6 is 0 Å². The molecule has 2 heterocycles. The van der Waals surface area contributed by atoms with Gasteiger partial charge in [0.05, 0.1) is 12.2 Å². The van der Waals surface area contributed by atoms with Gasteiger partial charge in [0.2, 0.25) is 0 Å². The van der Waals surface area contributed by atoms with E-state index in [-0.39, 0.29) is 11.8 Å². The number of nitrogens with one attached hydrogen (secondary N) is 1. The first-order valence-corrected chi connectivity index (χ1v) is 13.1. The van der Waals surface area contributed by atoms with Crippen LogP contribution < -0.4 is 5.32 Å². The first kappa shape index (κ1) is 20.2. The number of aliphatic hydroxyl groups excluding tert-OH is 1. The minimum absolute atomic E-state index is 0.0439. The van der Waals surface area contributed by atoms with Gasteiger partial charge >= 0.3 is 0 Å². The van der Waals surface area contributed by atoms with Crippen molar-refractivity contribution in [2.75, 3.05) is 6.54 Å². The zero-order valence-electron chi connectivity index (χ0n) is 19.6. The number of hydrogen-bond donors (Lipinski definition) is 2. The van der Waals surface area contributed by atoms with Gasteiger partial charge in [0.15, 0.2) is 0 Å². The lowest BCUT2D eigenvalue weighted by Crippen LogP contribution is -2.57. The molecule has 0 radical (unpaired) electrons. The Morgan fingerprint density at radius 1 is 1.07 bits per heavy atom. The first-order valence-electron chi connectivity index (χ1n) is 13.1. The van der Waals surface area contributed by atoms with Gasteiger partial charge in [-0.05, 0) is 98.2 Å². The third-order valence-corrected chi connectivity index (χ3v) is 11.6. The molecule has 2 saturated heterocycles. The fourth-order valence-electron chi connectivity index (χ4n) is 9.84. The van der Waals surface area contributed by atoms with Gasteiger partial charge in [0.25, 0.3) is 0 Å². The smallest absolute Gasteiger partial charge is 0.122 e. The quantitative estimate of drug-likeness (QED) is 0.530. The topological polar surface area (TPSA) is 41.5 Å². The lowest BCUT2D eigenvalue weighted by Gasteiger charge is -2.58. The summed E-state index contributed by atoms with van der Waals surface area (Å²) in [6.45, 7) is 11.2. The third-order valence-electron chi connectivity index (χ3n) is 11.6. The largest absolute Gasteiger partial charge is 0.393 e. The summed E-state index contributed by atoms with van der Waals surface area (Å²) in [5.74, 6) is 4.58. The normalized spacial score (nSPS) is 59.8. The summed E-state index contributed by atoms with van der Waals surface area (Å²) in [5, 5.41) is 14.1. The summed E-state index contributed by atoms with van der Waals surface area (Å²) >= 11 is 0. The Kier molecular flexibility index (Phi) is 4.44. The fourth-order valence-corrected chi connectivity index (χ4v) is 9.84. The molecule has 1 unspecified atom stereocenters. The number of piperidine rings is 1. The number of fused-ring (bicyclic) bond motifs is 7. The van der Waals surface area contributed by atoms with Crippen molar-refractivity contribution in [3.05, 3.63) is 11.6 Å². The molecule has 30 heavy (non-hydrogen) atoms. The van der Waals surface area contributed by atoms with Gasteiger partial charge in [-0.2, -0.15) is 0 Å². The van der Waals surface area contributed by atoms with Crippen molar-refractivity contribution >= 4 is 0 Å². The molecule has 0 amide bonds. The lowest BCUT2D eigenvalue weighted by molar-refractivity contribution is -0.115. The second kappa shape index (κ2) is 6.58. The molecule has 3 heteroatoms. The van der Waals surface area contributed by atoms with Gasteiger partial charge in [-0.15, -0.1) is 0 Å². The molecule has 3 nitrogen and oxygen atoms in total. The number of hydrogen-bond acceptors (Lipinski definition) is 3. The second-order valence-corrected chi connectivity index (χ2v) is 12.8. The molecule has 3 saturated carbocycles. The van der Waals surface area contributed by atoms with E-state index in [9.17, 15) is 5.11 Å². The predicted molar refractivity (Wildman–Crippen MR) is 120 cm³/mol. The van der Waals surface area contributed by atoms with Crippen molar-refractivity contribution in [1.82, 2.24) is 5.32 Å². The van der Waals surface area contributed by atoms with Crippen molar-refractivity contribution in [1.29, 1.82) is 0 Å². The molecule has 0 aromatic rings. The van der Waals surface area contributed by atoms with Crippen LogP contribution in [0.5, 0.6) is 0 Å². The highest BCUT2D eigenvalue weighted by molar-refractivity contribution is 5.26. The summed E-state index contributed by atoms with van der Waals surface area (Å²) in [5.41, 5.74) is 2.33. The SMILES string of the molecule is C[C@H]1CCC2(NC1)O[C@@H]1C[C@@H]3[C@H]4CC=C5C[C@@H](O)CC[C@@]5(C)[C@@H]4CC[C@@]3(C)[C@@H]1[C@H]2C. The van der Waals surface area contributed by atoms with Crippen LogP contribution in [0.4, 0.5) is 0 Å². The molecule has 1 spiro atoms. The number of rotatable bonds is 0. The van der Waals surface area contributed by atoms with Gasteiger partial charge in [-0.25, -0.2) is 0 Å². The highest BCUT2D eigenvalue weighted by Crippen LogP contribution is 2.70. The van der Waals surface area contributed by atoms with Crippen molar-refractivity contribution in [2.24, 2.45) is 46.3 Å². The summed E-state index contributed by atoms with van der Waals surface area (Å²) < 4.78 is 7.00. The molecule has 2 aliphatic heterocycles. The Morgan fingerprint density at radius 2 is 1.90 bits per heavy atom. The van der Waals surface area contributed by atoms with E-state index in [0.29, 0.717) is 22.9 Å². The third kappa shape index (κ3) is 2.55. The maximum absolute atomic E-state index is 10.3. The average molecular weight is 414 g/mol. The standard InChI is InChI=1S/C27H43NO2/c1-16-7-12-27(28-15-16)17(2)24-23(30-27)14-22-20-6-5-18-13-19(29)8-10-25(18,3)21(20)9-11-26(22,24)4/h5,16-17,19-24,28-29H,6-15H2,1-4H3/t16-,17+,19-,20-,21+,22+,23+,24+,25+,26+,27?/m0/s1. The van der Waals surface area contributed by atoms with Crippen LogP contribution in [0.25, 0.3) is 0 Å². The van der Waals surface area contributed by atoms with E-state index in [4.69, 9.17) is 4.74 Å². The Hall–Kier alpha value is -0.380.